The third-order valence-corrected chi connectivity index (χ3v) is 5.66. The van der Waals surface area contributed by atoms with Gasteiger partial charge in [0, 0.05) is 32.7 Å². The molecule has 0 fully saturated rings. The number of rotatable bonds is 8. The Morgan fingerprint density at radius 2 is 1.64 bits per heavy atom. The molecular formula is C18H24N2O4S. The van der Waals surface area contributed by atoms with E-state index in [0.717, 1.165) is 22.6 Å². The van der Waals surface area contributed by atoms with E-state index in [1.807, 2.05) is 30.3 Å². The van der Waals surface area contributed by atoms with E-state index < -0.39 is 10.0 Å². The number of nitrogens with zero attached hydrogens (tertiary/aromatic N) is 1. The Hall–Kier alpha value is -2.09. The van der Waals surface area contributed by atoms with Crippen molar-refractivity contribution in [1.29, 1.82) is 0 Å². The van der Waals surface area contributed by atoms with Crippen LogP contribution in [0.5, 0.6) is 11.5 Å². The van der Waals surface area contributed by atoms with Crippen molar-refractivity contribution in [2.24, 2.45) is 0 Å². The summed E-state index contributed by atoms with van der Waals surface area (Å²) in [4.78, 5) is 0.288. The second-order valence-corrected chi connectivity index (χ2v) is 7.86. The van der Waals surface area contributed by atoms with Crippen LogP contribution in [0.2, 0.25) is 0 Å². The second kappa shape index (κ2) is 8.33. The Kier molecular flexibility index (Phi) is 6.41. The van der Waals surface area contributed by atoms with E-state index in [2.05, 4.69) is 5.32 Å². The van der Waals surface area contributed by atoms with Crippen molar-refractivity contribution in [3.63, 3.8) is 0 Å². The van der Waals surface area contributed by atoms with Gasteiger partial charge in [-0.05, 0) is 35.9 Å². The number of hydrogen-bond acceptors (Lipinski definition) is 5. The molecule has 0 aliphatic rings. The van der Waals surface area contributed by atoms with Gasteiger partial charge in [0.2, 0.25) is 10.0 Å². The molecule has 136 valence electrons. The van der Waals surface area contributed by atoms with Crippen LogP contribution in [0.1, 0.15) is 11.1 Å². The Morgan fingerprint density at radius 3 is 2.20 bits per heavy atom. The molecule has 0 unspecified atom stereocenters. The largest absolute Gasteiger partial charge is 0.497 e. The van der Waals surface area contributed by atoms with E-state index in [4.69, 9.17) is 9.47 Å². The lowest BCUT2D eigenvalue weighted by atomic mass is 10.1. The molecule has 0 aliphatic carbocycles. The molecule has 7 heteroatoms. The van der Waals surface area contributed by atoms with Crippen LogP contribution in [-0.2, 0) is 23.1 Å². The summed E-state index contributed by atoms with van der Waals surface area (Å²) in [6.07, 6.45) is 0. The standard InChI is InChI=1S/C18H24N2O4S/c1-20(2)25(21,22)17-8-5-14(6-9-17)12-19-13-15-11-16(23-3)7-10-18(15)24-4/h5-11,19H,12-13H2,1-4H3. The molecule has 0 aliphatic heterocycles. The van der Waals surface area contributed by atoms with E-state index in [1.54, 1.807) is 26.4 Å². The van der Waals surface area contributed by atoms with Gasteiger partial charge in [-0.2, -0.15) is 0 Å². The summed E-state index contributed by atoms with van der Waals surface area (Å²) < 4.78 is 35.9. The van der Waals surface area contributed by atoms with Gasteiger partial charge in [-0.3, -0.25) is 0 Å². The van der Waals surface area contributed by atoms with Gasteiger partial charge in [-0.15, -0.1) is 0 Å². The molecular weight excluding hydrogens is 340 g/mol. The molecule has 25 heavy (non-hydrogen) atoms. The van der Waals surface area contributed by atoms with Crippen LogP contribution in [0.4, 0.5) is 0 Å². The first-order chi connectivity index (χ1) is 11.9. The zero-order valence-corrected chi connectivity index (χ0v) is 15.8. The molecule has 0 spiro atoms. The van der Waals surface area contributed by atoms with Crippen molar-refractivity contribution >= 4 is 10.0 Å². The van der Waals surface area contributed by atoms with Crippen LogP contribution in [-0.4, -0.2) is 41.0 Å². The number of benzene rings is 2. The zero-order chi connectivity index (χ0) is 18.4. The average molecular weight is 364 g/mol. The molecule has 0 heterocycles. The summed E-state index contributed by atoms with van der Waals surface area (Å²) in [5.41, 5.74) is 1.99. The number of hydrogen-bond donors (Lipinski definition) is 1. The first-order valence-corrected chi connectivity index (χ1v) is 9.25. The van der Waals surface area contributed by atoms with E-state index in [9.17, 15) is 8.42 Å². The average Bonchev–Trinajstić information content (AvgIpc) is 2.62. The maximum Gasteiger partial charge on any atom is 0.242 e. The Bertz CT molecular complexity index is 802. The monoisotopic (exact) mass is 364 g/mol. The summed E-state index contributed by atoms with van der Waals surface area (Å²) in [6.45, 7) is 1.22. The Labute approximate surface area is 149 Å². The van der Waals surface area contributed by atoms with Crippen LogP contribution in [0.3, 0.4) is 0 Å². The van der Waals surface area contributed by atoms with Crippen LogP contribution in [0.15, 0.2) is 47.4 Å². The number of methoxy groups -OCH3 is 2. The molecule has 0 aromatic heterocycles. The molecule has 0 atom stereocenters. The maximum absolute atomic E-state index is 12.1. The second-order valence-electron chi connectivity index (χ2n) is 5.71. The van der Waals surface area contributed by atoms with Gasteiger partial charge in [0.25, 0.3) is 0 Å². The predicted octanol–water partition coefficient (Wildman–Crippen LogP) is 2.24. The van der Waals surface area contributed by atoms with Crippen LogP contribution in [0, 0.1) is 0 Å². The topological polar surface area (TPSA) is 67.9 Å². The third-order valence-electron chi connectivity index (χ3n) is 3.83. The quantitative estimate of drug-likeness (QED) is 0.778. The van der Waals surface area contributed by atoms with E-state index >= 15 is 0 Å². The number of sulfonamides is 1. The van der Waals surface area contributed by atoms with Crippen molar-refractivity contribution in [2.75, 3.05) is 28.3 Å². The highest BCUT2D eigenvalue weighted by Gasteiger charge is 2.16. The molecule has 6 nitrogen and oxygen atoms in total. The van der Waals surface area contributed by atoms with Gasteiger partial charge in [0.15, 0.2) is 0 Å². The highest BCUT2D eigenvalue weighted by molar-refractivity contribution is 7.89. The lowest BCUT2D eigenvalue weighted by Gasteiger charge is -2.13. The fourth-order valence-corrected chi connectivity index (χ4v) is 3.25. The van der Waals surface area contributed by atoms with E-state index in [1.165, 1.54) is 18.4 Å². The van der Waals surface area contributed by atoms with Crippen molar-refractivity contribution in [3.8, 4) is 11.5 Å². The normalized spacial score (nSPS) is 11.6. The summed E-state index contributed by atoms with van der Waals surface area (Å²) in [5.74, 6) is 1.57. The Morgan fingerprint density at radius 1 is 0.960 bits per heavy atom. The molecule has 2 aromatic rings. The molecule has 1 N–H and O–H groups in total. The smallest absolute Gasteiger partial charge is 0.242 e. The molecule has 0 saturated heterocycles. The molecule has 2 rings (SSSR count). The highest BCUT2D eigenvalue weighted by Crippen LogP contribution is 2.23. The van der Waals surface area contributed by atoms with Crippen molar-refractivity contribution in [3.05, 3.63) is 53.6 Å². The Balaban J connectivity index is 2.01. The number of ether oxygens (including phenoxy) is 2. The van der Waals surface area contributed by atoms with Crippen molar-refractivity contribution in [2.45, 2.75) is 18.0 Å². The van der Waals surface area contributed by atoms with Crippen molar-refractivity contribution in [1.82, 2.24) is 9.62 Å². The van der Waals surface area contributed by atoms with Crippen LogP contribution >= 0.6 is 0 Å². The summed E-state index contributed by atoms with van der Waals surface area (Å²) in [7, 11) is 2.91. The first-order valence-electron chi connectivity index (χ1n) is 7.81. The van der Waals surface area contributed by atoms with Gasteiger partial charge in [0.05, 0.1) is 19.1 Å². The summed E-state index contributed by atoms with van der Waals surface area (Å²) >= 11 is 0. The zero-order valence-electron chi connectivity index (χ0n) is 14.9. The molecule has 0 amide bonds. The predicted molar refractivity (Wildman–Crippen MR) is 97.4 cm³/mol. The molecule has 2 aromatic carbocycles. The van der Waals surface area contributed by atoms with Gasteiger partial charge < -0.3 is 14.8 Å². The minimum absolute atomic E-state index is 0.288. The lowest BCUT2D eigenvalue weighted by Crippen LogP contribution is -2.22. The van der Waals surface area contributed by atoms with Gasteiger partial charge >= 0.3 is 0 Å². The van der Waals surface area contributed by atoms with E-state index in [0.29, 0.717) is 13.1 Å². The van der Waals surface area contributed by atoms with Gasteiger partial charge in [-0.1, -0.05) is 12.1 Å². The van der Waals surface area contributed by atoms with E-state index in [-0.39, 0.29) is 4.90 Å². The fourth-order valence-electron chi connectivity index (χ4n) is 2.35. The fraction of sp³-hybridized carbons (Fsp3) is 0.333. The van der Waals surface area contributed by atoms with Gasteiger partial charge in [-0.25, -0.2) is 12.7 Å². The highest BCUT2D eigenvalue weighted by atomic mass is 32.2. The maximum atomic E-state index is 12.1. The van der Waals surface area contributed by atoms with Crippen LogP contribution in [0.25, 0.3) is 0 Å². The minimum Gasteiger partial charge on any atom is -0.497 e. The summed E-state index contributed by atoms with van der Waals surface area (Å²) in [5, 5.41) is 3.33. The van der Waals surface area contributed by atoms with Crippen LogP contribution < -0.4 is 14.8 Å². The molecule has 0 saturated carbocycles. The minimum atomic E-state index is -3.39. The van der Waals surface area contributed by atoms with Crippen molar-refractivity contribution < 1.29 is 17.9 Å². The SMILES string of the molecule is COc1ccc(OC)c(CNCc2ccc(S(=O)(=O)N(C)C)cc2)c1. The third kappa shape index (κ3) is 4.72. The first kappa shape index (κ1) is 19.2. The lowest BCUT2D eigenvalue weighted by molar-refractivity contribution is 0.397. The molecule has 0 radical (unpaired) electrons. The summed E-state index contributed by atoms with van der Waals surface area (Å²) in [6, 6.07) is 12.5. The molecule has 0 bridgehead atoms. The number of nitrogens with one attached hydrogen (secondary N) is 1. The van der Waals surface area contributed by atoms with Gasteiger partial charge in [0.1, 0.15) is 11.5 Å².